The lowest BCUT2D eigenvalue weighted by atomic mass is 10.0. The first-order valence-electron chi connectivity index (χ1n) is 4.81. The molecule has 1 N–H and O–H groups in total. The normalized spacial score (nSPS) is 13.2. The summed E-state index contributed by atoms with van der Waals surface area (Å²) in [7, 11) is 0. The van der Waals surface area contributed by atoms with E-state index < -0.39 is 23.4 Å². The fraction of sp³-hybridized carbons (Fsp3) is 0.455. The van der Waals surface area contributed by atoms with Gasteiger partial charge in [-0.3, -0.25) is 15.3 Å². The van der Waals surface area contributed by atoms with Gasteiger partial charge in [-0.1, -0.05) is 0 Å². The summed E-state index contributed by atoms with van der Waals surface area (Å²) >= 11 is 1.38. The summed E-state index contributed by atoms with van der Waals surface area (Å²) in [5.74, 6) is -2.72. The summed E-state index contributed by atoms with van der Waals surface area (Å²) in [5, 5.41) is 3.44. The lowest BCUT2D eigenvalue weighted by Crippen LogP contribution is -2.31. The quantitative estimate of drug-likeness (QED) is 0.599. The summed E-state index contributed by atoms with van der Waals surface area (Å²) < 4.78 is 5.11. The van der Waals surface area contributed by atoms with E-state index in [-0.39, 0.29) is 0 Å². The van der Waals surface area contributed by atoms with Gasteiger partial charge in [-0.15, -0.1) is 0 Å². The van der Waals surface area contributed by atoms with Crippen LogP contribution in [0.5, 0.6) is 0 Å². The molecule has 0 aliphatic carbocycles. The van der Waals surface area contributed by atoms with Gasteiger partial charge in [0, 0.05) is 0 Å². The van der Waals surface area contributed by atoms with Crippen LogP contribution in [0.4, 0.5) is 0 Å². The molecule has 1 aromatic heterocycles. The summed E-state index contributed by atoms with van der Waals surface area (Å²) in [6.07, 6.45) is 0. The highest BCUT2D eigenvalue weighted by molar-refractivity contribution is 7.08. The number of esters is 1. The molecule has 0 spiro atoms. The molecular formula is C11H14NO3S. The number of rotatable bonds is 3. The smallest absolute Gasteiger partial charge is 0.323 e. The van der Waals surface area contributed by atoms with Gasteiger partial charge in [0.1, 0.15) is 5.60 Å². The van der Waals surface area contributed by atoms with Crippen LogP contribution >= 0.6 is 11.3 Å². The van der Waals surface area contributed by atoms with Crippen molar-refractivity contribution in [1.29, 1.82) is 0 Å². The molecule has 0 aliphatic rings. The molecule has 1 rings (SSSR count). The molecule has 0 bridgehead atoms. The molecule has 1 atom stereocenters. The number of carbonyl (C=O) groups is 2. The number of thiophene rings is 1. The average molecular weight is 240 g/mol. The van der Waals surface area contributed by atoms with E-state index in [1.165, 1.54) is 11.3 Å². The molecule has 0 aliphatic heterocycles. The Kier molecular flexibility index (Phi) is 3.70. The van der Waals surface area contributed by atoms with Crippen molar-refractivity contribution in [2.75, 3.05) is 0 Å². The average Bonchev–Trinajstić information content (AvgIpc) is 2.52. The van der Waals surface area contributed by atoms with Gasteiger partial charge in [-0.2, -0.15) is 11.3 Å². The minimum absolute atomic E-state index is 0.527. The van der Waals surface area contributed by atoms with Crippen molar-refractivity contribution < 1.29 is 14.3 Å². The zero-order valence-corrected chi connectivity index (χ0v) is 10.3. The maximum absolute atomic E-state index is 11.7. The van der Waals surface area contributed by atoms with Crippen molar-refractivity contribution in [2.45, 2.75) is 32.3 Å². The van der Waals surface area contributed by atoms with Gasteiger partial charge in [0.2, 0.25) is 0 Å². The monoisotopic (exact) mass is 240 g/mol. The highest BCUT2D eigenvalue weighted by atomic mass is 32.1. The predicted molar refractivity (Wildman–Crippen MR) is 61.0 cm³/mol. The Labute approximate surface area is 98.4 Å². The number of hydrogen-bond acceptors (Lipinski definition) is 4. The van der Waals surface area contributed by atoms with Gasteiger partial charge in [0.05, 0.1) is 0 Å². The molecule has 1 unspecified atom stereocenters. The zero-order chi connectivity index (χ0) is 12.3. The van der Waals surface area contributed by atoms with Gasteiger partial charge < -0.3 is 4.74 Å². The maximum atomic E-state index is 11.7. The van der Waals surface area contributed by atoms with E-state index in [4.69, 9.17) is 10.5 Å². The molecular weight excluding hydrogens is 226 g/mol. The second kappa shape index (κ2) is 4.65. The Balaban J connectivity index is 2.88. The van der Waals surface area contributed by atoms with E-state index >= 15 is 0 Å². The third kappa shape index (κ3) is 3.34. The zero-order valence-electron chi connectivity index (χ0n) is 9.44. The van der Waals surface area contributed by atoms with Crippen molar-refractivity contribution in [3.05, 3.63) is 22.4 Å². The van der Waals surface area contributed by atoms with E-state index in [1.807, 2.05) is 0 Å². The number of amides is 1. The second-order valence-electron chi connectivity index (χ2n) is 4.39. The van der Waals surface area contributed by atoms with Crippen molar-refractivity contribution >= 4 is 23.2 Å². The van der Waals surface area contributed by atoms with Crippen molar-refractivity contribution in [3.8, 4) is 0 Å². The van der Waals surface area contributed by atoms with Gasteiger partial charge >= 0.3 is 5.97 Å². The van der Waals surface area contributed by atoms with E-state index in [1.54, 1.807) is 37.6 Å². The van der Waals surface area contributed by atoms with Crippen molar-refractivity contribution in [3.63, 3.8) is 0 Å². The van der Waals surface area contributed by atoms with Crippen LogP contribution in [0.3, 0.4) is 0 Å². The van der Waals surface area contributed by atoms with E-state index in [9.17, 15) is 9.59 Å². The van der Waals surface area contributed by atoms with Crippen LogP contribution in [0.15, 0.2) is 16.8 Å². The van der Waals surface area contributed by atoms with Crippen LogP contribution in [0.1, 0.15) is 32.3 Å². The Morgan fingerprint density at radius 3 is 2.44 bits per heavy atom. The summed E-state index contributed by atoms with van der Waals surface area (Å²) in [6.45, 7) is 5.18. The number of ether oxygens (including phenoxy) is 1. The third-order valence-electron chi connectivity index (χ3n) is 1.78. The maximum Gasteiger partial charge on any atom is 0.323 e. The molecule has 0 saturated carbocycles. The molecule has 4 nitrogen and oxygen atoms in total. The first-order valence-corrected chi connectivity index (χ1v) is 5.76. The Morgan fingerprint density at radius 1 is 1.44 bits per heavy atom. The minimum Gasteiger partial charge on any atom is -0.459 e. The topological polar surface area (TPSA) is 67.2 Å². The van der Waals surface area contributed by atoms with Gasteiger partial charge in [-0.25, -0.2) is 0 Å². The molecule has 1 amide bonds. The molecule has 0 saturated heterocycles. The van der Waals surface area contributed by atoms with Crippen molar-refractivity contribution in [2.24, 2.45) is 0 Å². The Bertz CT molecular complexity index is 378. The lowest BCUT2D eigenvalue weighted by molar-refractivity contribution is -0.158. The molecule has 1 aromatic rings. The van der Waals surface area contributed by atoms with E-state index in [0.29, 0.717) is 5.56 Å². The SMILES string of the molecule is CC(C)(C)OC(=O)C(C([NH])=O)c1ccsc1. The van der Waals surface area contributed by atoms with Crippen LogP contribution in [-0.2, 0) is 14.3 Å². The largest absolute Gasteiger partial charge is 0.459 e. The molecule has 0 aromatic carbocycles. The highest BCUT2D eigenvalue weighted by Gasteiger charge is 2.31. The van der Waals surface area contributed by atoms with Crippen LogP contribution in [-0.4, -0.2) is 17.5 Å². The highest BCUT2D eigenvalue weighted by Crippen LogP contribution is 2.22. The van der Waals surface area contributed by atoms with Crippen LogP contribution < -0.4 is 5.73 Å². The summed E-state index contributed by atoms with van der Waals surface area (Å²) in [5.41, 5.74) is 6.99. The fourth-order valence-electron chi connectivity index (χ4n) is 1.19. The molecule has 87 valence electrons. The third-order valence-corrected chi connectivity index (χ3v) is 2.48. The molecule has 5 heteroatoms. The van der Waals surface area contributed by atoms with Gasteiger partial charge in [0.15, 0.2) is 5.92 Å². The Hall–Kier alpha value is -1.36. The molecule has 1 heterocycles. The number of nitrogens with one attached hydrogen (secondary N) is 1. The minimum atomic E-state index is -1.12. The van der Waals surface area contributed by atoms with Crippen LogP contribution in [0, 0.1) is 0 Å². The first-order chi connectivity index (χ1) is 7.31. The lowest BCUT2D eigenvalue weighted by Gasteiger charge is -2.22. The van der Waals surface area contributed by atoms with Gasteiger partial charge in [0.25, 0.3) is 5.91 Å². The number of carbonyl (C=O) groups excluding carboxylic acids is 2. The first kappa shape index (κ1) is 12.7. The molecule has 16 heavy (non-hydrogen) atoms. The Morgan fingerprint density at radius 2 is 2.06 bits per heavy atom. The van der Waals surface area contributed by atoms with Crippen LogP contribution in [0.2, 0.25) is 0 Å². The standard InChI is InChI=1S/C11H14NO3S/c1-11(2,3)15-10(14)8(9(12)13)7-4-5-16-6-7/h4-6,8,12H,1-3H3. The summed E-state index contributed by atoms with van der Waals surface area (Å²) in [4.78, 5) is 22.9. The van der Waals surface area contributed by atoms with E-state index in [0.717, 1.165) is 0 Å². The molecule has 1 radical (unpaired) electrons. The van der Waals surface area contributed by atoms with Crippen LogP contribution in [0.25, 0.3) is 0 Å². The number of hydrogen-bond donors (Lipinski definition) is 0. The van der Waals surface area contributed by atoms with Crippen molar-refractivity contribution in [1.82, 2.24) is 5.73 Å². The van der Waals surface area contributed by atoms with E-state index in [2.05, 4.69) is 0 Å². The predicted octanol–water partition coefficient (Wildman–Crippen LogP) is 1.98. The summed E-state index contributed by atoms with van der Waals surface area (Å²) in [6, 6.07) is 1.66. The second-order valence-corrected chi connectivity index (χ2v) is 5.17. The fourth-order valence-corrected chi connectivity index (χ4v) is 1.88. The van der Waals surface area contributed by atoms with Gasteiger partial charge in [-0.05, 0) is 43.2 Å². The molecule has 0 fully saturated rings.